The molecule has 0 aromatic heterocycles. The maximum Gasteiger partial charge on any atom is 0.240 e. The molecule has 0 bridgehead atoms. The van der Waals surface area contributed by atoms with Gasteiger partial charge in [0, 0.05) is 6.04 Å². The normalized spacial score (nSPS) is 17.5. The van der Waals surface area contributed by atoms with Crippen LogP contribution in [0.1, 0.15) is 25.7 Å². The third-order valence-electron chi connectivity index (χ3n) is 2.88. The van der Waals surface area contributed by atoms with Gasteiger partial charge in [-0.1, -0.05) is 12.8 Å². The molecule has 6 heteroatoms. The number of benzene rings is 1. The van der Waals surface area contributed by atoms with Crippen molar-refractivity contribution in [3.8, 4) is 0 Å². The third kappa shape index (κ3) is 3.05. The number of rotatable bonds is 3. The molecule has 2 rings (SSSR count). The Morgan fingerprint density at radius 2 is 1.94 bits per heavy atom. The largest absolute Gasteiger partial charge is 0.240 e. The number of halogens is 2. The van der Waals surface area contributed by atoms with Gasteiger partial charge in [0.2, 0.25) is 10.0 Å². The fourth-order valence-electron chi connectivity index (χ4n) is 1.98. The van der Waals surface area contributed by atoms with Crippen molar-refractivity contribution in [3.05, 3.63) is 28.5 Å². The summed E-state index contributed by atoms with van der Waals surface area (Å²) in [6, 6.07) is 3.82. The van der Waals surface area contributed by atoms with E-state index in [1.165, 1.54) is 12.1 Å². The zero-order valence-electron chi connectivity index (χ0n) is 9.12. The monoisotopic (exact) mass is 321 g/mol. The zero-order valence-corrected chi connectivity index (χ0v) is 11.5. The molecule has 0 heterocycles. The highest BCUT2D eigenvalue weighted by Gasteiger charge is 2.23. The van der Waals surface area contributed by atoms with Gasteiger partial charge in [-0.25, -0.2) is 17.5 Å². The molecule has 1 aliphatic rings. The van der Waals surface area contributed by atoms with E-state index in [-0.39, 0.29) is 15.4 Å². The van der Waals surface area contributed by atoms with E-state index in [2.05, 4.69) is 20.7 Å². The standard InChI is InChI=1S/C11H13BrFNO2S/c12-10-6-5-9(7-11(10)13)17(15,16)14-8-3-1-2-4-8/h5-8,14H,1-4H2. The van der Waals surface area contributed by atoms with Crippen LogP contribution >= 0.6 is 15.9 Å². The van der Waals surface area contributed by atoms with Crippen LogP contribution in [0.2, 0.25) is 0 Å². The molecule has 1 aromatic rings. The molecule has 0 amide bonds. The highest BCUT2D eigenvalue weighted by Crippen LogP contribution is 2.22. The molecule has 1 aliphatic carbocycles. The van der Waals surface area contributed by atoms with Crippen LogP contribution in [0.5, 0.6) is 0 Å². The molecule has 0 unspecified atom stereocenters. The van der Waals surface area contributed by atoms with E-state index in [0.717, 1.165) is 31.7 Å². The second-order valence-electron chi connectivity index (χ2n) is 4.18. The molecule has 3 nitrogen and oxygen atoms in total. The van der Waals surface area contributed by atoms with Crippen molar-refractivity contribution < 1.29 is 12.8 Å². The minimum atomic E-state index is -3.59. The number of hydrogen-bond acceptors (Lipinski definition) is 2. The molecule has 1 N–H and O–H groups in total. The summed E-state index contributed by atoms with van der Waals surface area (Å²) < 4.78 is 40.1. The predicted molar refractivity (Wildman–Crippen MR) is 66.7 cm³/mol. The average Bonchev–Trinajstić information content (AvgIpc) is 2.73. The van der Waals surface area contributed by atoms with Crippen LogP contribution in [0.15, 0.2) is 27.6 Å². The van der Waals surface area contributed by atoms with E-state index in [1.807, 2.05) is 0 Å². The number of nitrogens with one attached hydrogen (secondary N) is 1. The van der Waals surface area contributed by atoms with Gasteiger partial charge in [-0.3, -0.25) is 0 Å². The highest BCUT2D eigenvalue weighted by molar-refractivity contribution is 9.10. The zero-order chi connectivity index (χ0) is 12.5. The van der Waals surface area contributed by atoms with E-state index >= 15 is 0 Å². The van der Waals surface area contributed by atoms with E-state index in [1.54, 1.807) is 0 Å². The van der Waals surface area contributed by atoms with Gasteiger partial charge >= 0.3 is 0 Å². The summed E-state index contributed by atoms with van der Waals surface area (Å²) in [4.78, 5) is -0.0231. The molecule has 1 fully saturated rings. The third-order valence-corrected chi connectivity index (χ3v) is 5.04. The lowest BCUT2D eigenvalue weighted by Crippen LogP contribution is -2.32. The lowest BCUT2D eigenvalue weighted by molar-refractivity contribution is 0.550. The minimum absolute atomic E-state index is 0.00768. The summed E-state index contributed by atoms with van der Waals surface area (Å²) in [6.45, 7) is 0. The van der Waals surface area contributed by atoms with Crippen molar-refractivity contribution in [2.24, 2.45) is 0 Å². The number of sulfonamides is 1. The van der Waals surface area contributed by atoms with E-state index in [4.69, 9.17) is 0 Å². The van der Waals surface area contributed by atoms with Crippen LogP contribution in [0.25, 0.3) is 0 Å². The lowest BCUT2D eigenvalue weighted by Gasteiger charge is -2.12. The van der Waals surface area contributed by atoms with Crippen molar-refractivity contribution in [2.45, 2.75) is 36.6 Å². The second kappa shape index (κ2) is 5.04. The van der Waals surface area contributed by atoms with Gasteiger partial charge in [0.15, 0.2) is 0 Å². The van der Waals surface area contributed by atoms with Crippen molar-refractivity contribution in [3.63, 3.8) is 0 Å². The average molecular weight is 322 g/mol. The maximum absolute atomic E-state index is 13.3. The SMILES string of the molecule is O=S(=O)(NC1CCCC1)c1ccc(Br)c(F)c1. The first-order valence-electron chi connectivity index (χ1n) is 5.46. The van der Waals surface area contributed by atoms with Crippen LogP contribution in [0.3, 0.4) is 0 Å². The summed E-state index contributed by atoms with van der Waals surface area (Å²) in [6.07, 6.45) is 3.81. The molecule has 0 aliphatic heterocycles. The molecule has 1 saturated carbocycles. The van der Waals surface area contributed by atoms with Gasteiger partial charge in [-0.05, 0) is 47.0 Å². The van der Waals surface area contributed by atoms with Gasteiger partial charge in [-0.15, -0.1) is 0 Å². The summed E-state index contributed by atoms with van der Waals surface area (Å²) in [5, 5.41) is 0. The molecule has 94 valence electrons. The lowest BCUT2D eigenvalue weighted by atomic mass is 10.3. The highest BCUT2D eigenvalue weighted by atomic mass is 79.9. The first-order valence-corrected chi connectivity index (χ1v) is 7.74. The smallest absolute Gasteiger partial charge is 0.208 e. The van der Waals surface area contributed by atoms with Crippen LogP contribution in [0, 0.1) is 5.82 Å². The van der Waals surface area contributed by atoms with Gasteiger partial charge < -0.3 is 0 Å². The molecule has 1 aromatic carbocycles. The molecule has 0 spiro atoms. The Labute approximate surface area is 109 Å². The van der Waals surface area contributed by atoms with Crippen molar-refractivity contribution >= 4 is 26.0 Å². The van der Waals surface area contributed by atoms with Crippen LogP contribution < -0.4 is 4.72 Å². The quantitative estimate of drug-likeness (QED) is 0.930. The summed E-state index contributed by atoms with van der Waals surface area (Å²) >= 11 is 2.99. The predicted octanol–water partition coefficient (Wildman–Crippen LogP) is 2.81. The Balaban J connectivity index is 2.21. The summed E-state index contributed by atoms with van der Waals surface area (Å²) in [7, 11) is -3.59. The fraction of sp³-hybridized carbons (Fsp3) is 0.455. The first-order chi connectivity index (χ1) is 7.99. The molecular formula is C11H13BrFNO2S. The minimum Gasteiger partial charge on any atom is -0.208 e. The van der Waals surface area contributed by atoms with E-state index < -0.39 is 15.8 Å². The Morgan fingerprint density at radius 3 is 2.53 bits per heavy atom. The summed E-state index contributed by atoms with van der Waals surface area (Å²) in [5.74, 6) is -0.570. The van der Waals surface area contributed by atoms with Gasteiger partial charge in [0.25, 0.3) is 0 Å². The van der Waals surface area contributed by atoms with Crippen molar-refractivity contribution in [1.82, 2.24) is 4.72 Å². The molecule has 0 radical (unpaired) electrons. The van der Waals surface area contributed by atoms with Crippen LogP contribution in [-0.2, 0) is 10.0 Å². The molecular weight excluding hydrogens is 309 g/mol. The van der Waals surface area contributed by atoms with Crippen molar-refractivity contribution in [2.75, 3.05) is 0 Å². The van der Waals surface area contributed by atoms with E-state index in [0.29, 0.717) is 0 Å². The van der Waals surface area contributed by atoms with Gasteiger partial charge in [-0.2, -0.15) is 0 Å². The molecule has 0 saturated heterocycles. The Hall–Kier alpha value is -0.460. The van der Waals surface area contributed by atoms with Gasteiger partial charge in [0.05, 0.1) is 9.37 Å². The Kier molecular flexibility index (Phi) is 3.85. The topological polar surface area (TPSA) is 46.2 Å². The maximum atomic E-state index is 13.3. The first kappa shape index (κ1) is 13.0. The molecule has 0 atom stereocenters. The number of hydrogen-bond donors (Lipinski definition) is 1. The van der Waals surface area contributed by atoms with Crippen LogP contribution in [-0.4, -0.2) is 14.5 Å². The van der Waals surface area contributed by atoms with Gasteiger partial charge in [0.1, 0.15) is 5.82 Å². The second-order valence-corrected chi connectivity index (χ2v) is 6.75. The Bertz CT molecular complexity index is 512. The molecule has 17 heavy (non-hydrogen) atoms. The fourth-order valence-corrected chi connectivity index (χ4v) is 3.54. The van der Waals surface area contributed by atoms with Crippen molar-refractivity contribution in [1.29, 1.82) is 0 Å². The van der Waals surface area contributed by atoms with E-state index in [9.17, 15) is 12.8 Å². The summed E-state index contributed by atoms with van der Waals surface area (Å²) in [5.41, 5.74) is 0. The van der Waals surface area contributed by atoms with Crippen LogP contribution in [0.4, 0.5) is 4.39 Å². The Morgan fingerprint density at radius 1 is 1.29 bits per heavy atom.